The van der Waals surface area contributed by atoms with Crippen LogP contribution in [-0.2, 0) is 16.1 Å². The van der Waals surface area contributed by atoms with Crippen LogP contribution in [0.1, 0.15) is 37.7 Å². The van der Waals surface area contributed by atoms with Crippen LogP contribution in [0.2, 0.25) is 0 Å². The van der Waals surface area contributed by atoms with Gasteiger partial charge in [0.15, 0.2) is 5.96 Å². The highest BCUT2D eigenvalue weighted by atomic mass is 16.5. The first kappa shape index (κ1) is 22.3. The summed E-state index contributed by atoms with van der Waals surface area (Å²) in [6.07, 6.45) is 7.08. The highest BCUT2D eigenvalue weighted by Gasteiger charge is 2.26. The number of nitrogens with two attached hydrogens (primary N) is 1. The van der Waals surface area contributed by atoms with Crippen molar-refractivity contribution in [3.8, 4) is 0 Å². The lowest BCUT2D eigenvalue weighted by molar-refractivity contribution is -0.122. The zero-order valence-electron chi connectivity index (χ0n) is 18.3. The van der Waals surface area contributed by atoms with Crippen molar-refractivity contribution in [2.45, 2.75) is 38.6 Å². The predicted molar refractivity (Wildman–Crippen MR) is 119 cm³/mol. The summed E-state index contributed by atoms with van der Waals surface area (Å²) >= 11 is 0. The number of anilines is 1. The summed E-state index contributed by atoms with van der Waals surface area (Å²) in [5.74, 6) is 2.22. The molecule has 2 fully saturated rings. The van der Waals surface area contributed by atoms with Crippen molar-refractivity contribution < 1.29 is 9.53 Å². The number of carbonyl (C=O) groups is 1. The standard InChI is InChI=1S/C22H36N6O2/c1-24-22(27(2)12-7-17-8-13-30-14-9-17)26-15-18-5-3-10-25-21(18)28-11-4-6-19(16-28)20(23)29/h3,5,10,17,19H,4,6-9,11-16H2,1-2H3,(H2,23,29)(H,24,26). The van der Waals surface area contributed by atoms with Gasteiger partial charge >= 0.3 is 0 Å². The normalized spacial score (nSPS) is 20.8. The van der Waals surface area contributed by atoms with Gasteiger partial charge in [-0.3, -0.25) is 9.79 Å². The van der Waals surface area contributed by atoms with Crippen LogP contribution in [0.5, 0.6) is 0 Å². The Kier molecular flexibility index (Phi) is 8.30. The first-order valence-electron chi connectivity index (χ1n) is 11.1. The molecule has 2 aliphatic rings. The van der Waals surface area contributed by atoms with Crippen molar-refractivity contribution >= 4 is 17.7 Å². The summed E-state index contributed by atoms with van der Waals surface area (Å²) in [6.45, 7) is 4.91. The SMILES string of the molecule is CN=C(NCc1cccnc1N1CCCC(C(N)=O)C1)N(C)CCC1CCOCC1. The largest absolute Gasteiger partial charge is 0.381 e. The maximum atomic E-state index is 11.7. The molecule has 0 spiro atoms. The Morgan fingerprint density at radius 1 is 1.40 bits per heavy atom. The summed E-state index contributed by atoms with van der Waals surface area (Å²) in [7, 11) is 3.90. The second-order valence-corrected chi connectivity index (χ2v) is 8.34. The van der Waals surface area contributed by atoms with Crippen LogP contribution in [0.3, 0.4) is 0 Å². The van der Waals surface area contributed by atoms with Gasteiger partial charge < -0.3 is 25.6 Å². The molecule has 3 heterocycles. The van der Waals surface area contributed by atoms with E-state index in [4.69, 9.17) is 10.5 Å². The van der Waals surface area contributed by atoms with E-state index in [1.54, 1.807) is 0 Å². The molecule has 30 heavy (non-hydrogen) atoms. The van der Waals surface area contributed by atoms with Crippen molar-refractivity contribution in [1.29, 1.82) is 0 Å². The van der Waals surface area contributed by atoms with Gasteiger partial charge in [0.25, 0.3) is 0 Å². The Morgan fingerprint density at radius 2 is 2.20 bits per heavy atom. The molecule has 0 saturated carbocycles. The number of nitrogens with one attached hydrogen (secondary N) is 1. The molecule has 3 rings (SSSR count). The van der Waals surface area contributed by atoms with Gasteiger partial charge in [-0.25, -0.2) is 4.98 Å². The van der Waals surface area contributed by atoms with Crippen molar-refractivity contribution in [2.24, 2.45) is 22.6 Å². The zero-order chi connectivity index (χ0) is 21.3. The van der Waals surface area contributed by atoms with Crippen LogP contribution < -0.4 is 16.0 Å². The minimum atomic E-state index is -0.220. The fourth-order valence-corrected chi connectivity index (χ4v) is 4.33. The Labute approximate surface area is 179 Å². The lowest BCUT2D eigenvalue weighted by Gasteiger charge is -2.33. The summed E-state index contributed by atoms with van der Waals surface area (Å²) in [5, 5.41) is 3.48. The fourth-order valence-electron chi connectivity index (χ4n) is 4.33. The Bertz CT molecular complexity index is 719. The molecule has 0 bridgehead atoms. The van der Waals surface area contributed by atoms with Crippen LogP contribution in [0.15, 0.2) is 23.3 Å². The van der Waals surface area contributed by atoms with E-state index in [2.05, 4.69) is 38.2 Å². The highest BCUT2D eigenvalue weighted by Crippen LogP contribution is 2.24. The molecule has 8 nitrogen and oxygen atoms in total. The summed E-state index contributed by atoms with van der Waals surface area (Å²) in [4.78, 5) is 25.1. The molecular weight excluding hydrogens is 380 g/mol. The number of rotatable bonds is 7. The van der Waals surface area contributed by atoms with Gasteiger partial charge in [-0.1, -0.05) is 6.07 Å². The lowest BCUT2D eigenvalue weighted by atomic mass is 9.96. The van der Waals surface area contributed by atoms with Gasteiger partial charge in [-0.05, 0) is 44.1 Å². The minimum absolute atomic E-state index is 0.106. The highest BCUT2D eigenvalue weighted by molar-refractivity contribution is 5.80. The first-order valence-corrected chi connectivity index (χ1v) is 11.1. The number of hydrogen-bond acceptors (Lipinski definition) is 5. The van der Waals surface area contributed by atoms with Crippen LogP contribution in [0, 0.1) is 11.8 Å². The van der Waals surface area contributed by atoms with Gasteiger partial charge in [0.05, 0.1) is 5.92 Å². The molecular formula is C22H36N6O2. The van der Waals surface area contributed by atoms with Gasteiger partial charge in [0.1, 0.15) is 5.82 Å². The van der Waals surface area contributed by atoms with Crippen molar-refractivity contribution in [3.63, 3.8) is 0 Å². The van der Waals surface area contributed by atoms with Gasteiger partial charge in [0.2, 0.25) is 5.91 Å². The van der Waals surface area contributed by atoms with E-state index in [1.165, 1.54) is 0 Å². The van der Waals surface area contributed by atoms with Crippen LogP contribution in [0.25, 0.3) is 0 Å². The van der Waals surface area contributed by atoms with Crippen molar-refractivity contribution in [2.75, 3.05) is 51.8 Å². The molecule has 1 aromatic heterocycles. The number of amides is 1. The molecule has 8 heteroatoms. The van der Waals surface area contributed by atoms with E-state index in [0.29, 0.717) is 13.1 Å². The van der Waals surface area contributed by atoms with Gasteiger partial charge in [0, 0.05) is 65.2 Å². The van der Waals surface area contributed by atoms with Crippen LogP contribution in [-0.4, -0.2) is 68.7 Å². The Hall–Kier alpha value is -2.35. The number of guanidine groups is 1. The number of primary amides is 1. The molecule has 1 aromatic rings. The van der Waals surface area contributed by atoms with Crippen LogP contribution >= 0.6 is 0 Å². The topological polar surface area (TPSA) is 96.1 Å². The molecule has 0 aromatic carbocycles. The maximum absolute atomic E-state index is 11.7. The second-order valence-electron chi connectivity index (χ2n) is 8.34. The van der Waals surface area contributed by atoms with Gasteiger partial charge in [-0.2, -0.15) is 0 Å². The average molecular weight is 417 g/mol. The second kappa shape index (κ2) is 11.2. The molecule has 3 N–H and O–H groups in total. The van der Waals surface area contributed by atoms with E-state index < -0.39 is 0 Å². The minimum Gasteiger partial charge on any atom is -0.381 e. The molecule has 0 aliphatic carbocycles. The van der Waals surface area contributed by atoms with E-state index in [-0.39, 0.29) is 11.8 Å². The van der Waals surface area contributed by atoms with Crippen molar-refractivity contribution in [1.82, 2.24) is 15.2 Å². The van der Waals surface area contributed by atoms with E-state index in [1.807, 2.05) is 19.3 Å². The van der Waals surface area contributed by atoms with Crippen LogP contribution in [0.4, 0.5) is 5.82 Å². The third-order valence-electron chi connectivity index (χ3n) is 6.21. The Balaban J connectivity index is 1.57. The molecule has 166 valence electrons. The monoisotopic (exact) mass is 416 g/mol. The summed E-state index contributed by atoms with van der Waals surface area (Å²) < 4.78 is 5.46. The summed E-state index contributed by atoms with van der Waals surface area (Å²) in [6, 6.07) is 4.03. The average Bonchev–Trinajstić information content (AvgIpc) is 2.79. The predicted octanol–water partition coefficient (Wildman–Crippen LogP) is 1.61. The number of hydrogen-bond donors (Lipinski definition) is 2. The fraction of sp³-hybridized carbons (Fsp3) is 0.682. The van der Waals surface area contributed by atoms with E-state index in [9.17, 15) is 4.79 Å². The maximum Gasteiger partial charge on any atom is 0.222 e. The molecule has 2 saturated heterocycles. The van der Waals surface area contributed by atoms with Crippen molar-refractivity contribution in [3.05, 3.63) is 23.9 Å². The third kappa shape index (κ3) is 6.08. The first-order chi connectivity index (χ1) is 14.6. The number of pyridine rings is 1. The number of carbonyl (C=O) groups excluding carboxylic acids is 1. The summed E-state index contributed by atoms with van der Waals surface area (Å²) in [5.41, 5.74) is 6.65. The number of ether oxygens (including phenoxy) is 1. The molecule has 1 unspecified atom stereocenters. The number of piperidine rings is 1. The lowest BCUT2D eigenvalue weighted by Crippen LogP contribution is -2.42. The number of aromatic nitrogens is 1. The molecule has 0 radical (unpaired) electrons. The molecule has 2 aliphatic heterocycles. The molecule has 1 atom stereocenters. The number of nitrogens with zero attached hydrogens (tertiary/aromatic N) is 4. The zero-order valence-corrected chi connectivity index (χ0v) is 18.3. The van der Waals surface area contributed by atoms with E-state index >= 15 is 0 Å². The Morgan fingerprint density at radius 3 is 2.93 bits per heavy atom. The third-order valence-corrected chi connectivity index (χ3v) is 6.21. The number of aliphatic imine (C=N–C) groups is 1. The smallest absolute Gasteiger partial charge is 0.222 e. The molecule has 1 amide bonds. The van der Waals surface area contributed by atoms with Gasteiger partial charge in [-0.15, -0.1) is 0 Å². The quantitative estimate of drug-likeness (QED) is 0.518. The van der Waals surface area contributed by atoms with E-state index in [0.717, 1.165) is 81.7 Å².